The molecule has 1 saturated carbocycles. The molecule has 4 rings (SSSR count). The van der Waals surface area contributed by atoms with E-state index in [0.29, 0.717) is 22.4 Å². The summed E-state index contributed by atoms with van der Waals surface area (Å²) in [6.45, 7) is 3.66. The van der Waals surface area contributed by atoms with E-state index in [-0.39, 0.29) is 18.1 Å². The molecule has 3 aromatic rings. The van der Waals surface area contributed by atoms with Crippen LogP contribution in [-0.4, -0.2) is 25.9 Å². The molecule has 2 heterocycles. The maximum Gasteiger partial charge on any atom is 0.230 e. The van der Waals surface area contributed by atoms with Crippen molar-refractivity contribution in [3.05, 3.63) is 52.0 Å². The number of aryl methyl sites for hydroxylation is 1. The van der Waals surface area contributed by atoms with Gasteiger partial charge in [-0.25, -0.2) is 9.07 Å². The van der Waals surface area contributed by atoms with Gasteiger partial charge in [0.15, 0.2) is 0 Å². The van der Waals surface area contributed by atoms with Crippen LogP contribution in [0.5, 0.6) is 0 Å². The lowest BCUT2D eigenvalue weighted by Crippen LogP contribution is -2.15. The fraction of sp³-hybridized carbons (Fsp3) is 0.333. The number of hydrogen-bond acceptors (Lipinski definition) is 5. The van der Waals surface area contributed by atoms with Gasteiger partial charge in [0.25, 0.3) is 0 Å². The highest BCUT2D eigenvalue weighted by molar-refractivity contribution is 7.15. The Morgan fingerprint density at radius 2 is 2.08 bits per heavy atom. The Hall–Kier alpha value is -2.61. The third kappa shape index (κ3) is 3.24. The number of rotatable bonds is 5. The quantitative estimate of drug-likeness (QED) is 0.745. The Morgan fingerprint density at radius 3 is 2.81 bits per heavy atom. The molecule has 1 aromatic carbocycles. The normalized spacial score (nSPS) is 13.8. The number of aromatic nitrogens is 4. The molecule has 1 aliphatic rings. The number of anilines is 1. The van der Waals surface area contributed by atoms with Gasteiger partial charge >= 0.3 is 0 Å². The minimum atomic E-state index is -0.351. The fourth-order valence-electron chi connectivity index (χ4n) is 2.89. The van der Waals surface area contributed by atoms with Crippen molar-refractivity contribution in [3.63, 3.8) is 0 Å². The molecule has 0 unspecified atom stereocenters. The molecule has 8 heteroatoms. The highest BCUT2D eigenvalue weighted by Gasteiger charge is 2.28. The van der Waals surface area contributed by atoms with Crippen LogP contribution in [0.4, 0.5) is 9.52 Å². The van der Waals surface area contributed by atoms with Gasteiger partial charge in [-0.05, 0) is 38.8 Å². The SMILES string of the molecule is Cc1nn(-c2ccccc2F)c(C)c1CC(=O)Nc1nnc(C2CC2)s1. The summed E-state index contributed by atoms with van der Waals surface area (Å²) in [5, 5.41) is 16.9. The van der Waals surface area contributed by atoms with E-state index >= 15 is 0 Å². The molecule has 0 aliphatic heterocycles. The van der Waals surface area contributed by atoms with Crippen molar-refractivity contribution in [1.82, 2.24) is 20.0 Å². The predicted octanol–water partition coefficient (Wildman–Crippen LogP) is 3.54. The number of benzene rings is 1. The van der Waals surface area contributed by atoms with Gasteiger partial charge in [0.05, 0.1) is 12.1 Å². The average Bonchev–Trinajstić information content (AvgIpc) is 3.31. The number of nitrogens with one attached hydrogen (secondary N) is 1. The van der Waals surface area contributed by atoms with E-state index in [1.807, 2.05) is 13.8 Å². The van der Waals surface area contributed by atoms with E-state index in [2.05, 4.69) is 20.6 Å². The number of para-hydroxylation sites is 1. The zero-order valence-corrected chi connectivity index (χ0v) is 15.3. The Bertz CT molecular complexity index is 976. The maximum atomic E-state index is 14.1. The molecular formula is C18H18FN5OS. The molecule has 1 fully saturated rings. The molecule has 26 heavy (non-hydrogen) atoms. The molecule has 1 N–H and O–H groups in total. The Morgan fingerprint density at radius 1 is 1.31 bits per heavy atom. The van der Waals surface area contributed by atoms with Crippen LogP contribution < -0.4 is 5.32 Å². The van der Waals surface area contributed by atoms with Gasteiger partial charge in [-0.2, -0.15) is 5.10 Å². The highest BCUT2D eigenvalue weighted by Crippen LogP contribution is 2.42. The Labute approximate surface area is 154 Å². The first-order valence-electron chi connectivity index (χ1n) is 8.46. The van der Waals surface area contributed by atoms with Crippen molar-refractivity contribution in [2.75, 3.05) is 5.32 Å². The number of hydrogen-bond donors (Lipinski definition) is 1. The molecule has 0 saturated heterocycles. The van der Waals surface area contributed by atoms with Gasteiger partial charge in [-0.15, -0.1) is 10.2 Å². The molecule has 0 spiro atoms. The third-order valence-corrected chi connectivity index (χ3v) is 5.47. The number of carbonyl (C=O) groups excluding carboxylic acids is 1. The molecule has 1 amide bonds. The molecule has 0 bridgehead atoms. The second-order valence-corrected chi connectivity index (χ2v) is 7.47. The molecule has 6 nitrogen and oxygen atoms in total. The van der Waals surface area contributed by atoms with Crippen molar-refractivity contribution < 1.29 is 9.18 Å². The summed E-state index contributed by atoms with van der Waals surface area (Å²) in [6.07, 6.45) is 2.46. The molecule has 1 aliphatic carbocycles. The summed E-state index contributed by atoms with van der Waals surface area (Å²) in [5.74, 6) is -0.0139. The van der Waals surface area contributed by atoms with Crippen LogP contribution in [0.3, 0.4) is 0 Å². The van der Waals surface area contributed by atoms with Crippen LogP contribution >= 0.6 is 11.3 Å². The minimum absolute atomic E-state index is 0.157. The number of halogens is 1. The van der Waals surface area contributed by atoms with E-state index < -0.39 is 0 Å². The zero-order chi connectivity index (χ0) is 18.3. The minimum Gasteiger partial charge on any atom is -0.300 e. The standard InChI is InChI=1S/C18H18FN5OS/c1-10-13(11(2)24(23-10)15-6-4-3-5-14(15)19)9-16(25)20-18-22-21-17(26-18)12-7-8-12/h3-6,12H,7-9H2,1-2H3,(H,20,22,25). The number of amides is 1. The first-order chi connectivity index (χ1) is 12.5. The van der Waals surface area contributed by atoms with E-state index in [4.69, 9.17) is 0 Å². The zero-order valence-electron chi connectivity index (χ0n) is 14.5. The van der Waals surface area contributed by atoms with Crippen molar-refractivity contribution in [1.29, 1.82) is 0 Å². The van der Waals surface area contributed by atoms with Crippen molar-refractivity contribution in [3.8, 4) is 5.69 Å². The second-order valence-electron chi connectivity index (χ2n) is 6.46. The van der Waals surface area contributed by atoms with Gasteiger partial charge in [0.2, 0.25) is 11.0 Å². The second kappa shape index (κ2) is 6.60. The smallest absolute Gasteiger partial charge is 0.230 e. The van der Waals surface area contributed by atoms with E-state index in [0.717, 1.165) is 29.1 Å². The lowest BCUT2D eigenvalue weighted by Gasteiger charge is -2.06. The largest absolute Gasteiger partial charge is 0.300 e. The van der Waals surface area contributed by atoms with Crippen LogP contribution in [0.2, 0.25) is 0 Å². The van der Waals surface area contributed by atoms with Crippen molar-refractivity contribution in [2.24, 2.45) is 0 Å². The lowest BCUT2D eigenvalue weighted by molar-refractivity contribution is -0.115. The van der Waals surface area contributed by atoms with Gasteiger partial charge in [-0.1, -0.05) is 23.5 Å². The monoisotopic (exact) mass is 371 g/mol. The van der Waals surface area contributed by atoms with E-state index in [9.17, 15) is 9.18 Å². The molecule has 134 valence electrons. The van der Waals surface area contributed by atoms with Crippen LogP contribution in [0.15, 0.2) is 24.3 Å². The first-order valence-corrected chi connectivity index (χ1v) is 9.28. The van der Waals surface area contributed by atoms with Crippen LogP contribution in [0.25, 0.3) is 5.69 Å². The summed E-state index contributed by atoms with van der Waals surface area (Å²) in [5.41, 5.74) is 2.62. The van der Waals surface area contributed by atoms with Crippen LogP contribution in [0.1, 0.15) is 40.7 Å². The Kier molecular flexibility index (Phi) is 4.28. The van der Waals surface area contributed by atoms with E-state index in [1.165, 1.54) is 17.4 Å². The van der Waals surface area contributed by atoms with Gasteiger partial charge in [0.1, 0.15) is 16.5 Å². The molecule has 0 atom stereocenters. The number of nitrogens with zero attached hydrogens (tertiary/aromatic N) is 4. The predicted molar refractivity (Wildman–Crippen MR) is 97.2 cm³/mol. The summed E-state index contributed by atoms with van der Waals surface area (Å²) in [7, 11) is 0. The summed E-state index contributed by atoms with van der Waals surface area (Å²) < 4.78 is 15.6. The topological polar surface area (TPSA) is 72.7 Å². The lowest BCUT2D eigenvalue weighted by atomic mass is 10.1. The molecular weight excluding hydrogens is 353 g/mol. The van der Waals surface area contributed by atoms with Crippen LogP contribution in [-0.2, 0) is 11.2 Å². The van der Waals surface area contributed by atoms with Crippen LogP contribution in [0, 0.1) is 19.7 Å². The third-order valence-electron chi connectivity index (χ3n) is 4.47. The highest BCUT2D eigenvalue weighted by atomic mass is 32.1. The van der Waals surface area contributed by atoms with Crippen molar-refractivity contribution in [2.45, 2.75) is 39.0 Å². The average molecular weight is 371 g/mol. The first kappa shape index (κ1) is 16.8. The van der Waals surface area contributed by atoms with E-state index in [1.54, 1.807) is 22.9 Å². The van der Waals surface area contributed by atoms with Crippen molar-refractivity contribution >= 4 is 22.4 Å². The fourth-order valence-corrected chi connectivity index (χ4v) is 3.82. The van der Waals surface area contributed by atoms with Gasteiger partial charge in [0, 0.05) is 17.2 Å². The molecule has 2 aromatic heterocycles. The number of carbonyl (C=O) groups is 1. The molecule has 0 radical (unpaired) electrons. The van der Waals surface area contributed by atoms with Gasteiger partial charge in [-0.3, -0.25) is 4.79 Å². The Balaban J connectivity index is 1.52. The summed E-state index contributed by atoms with van der Waals surface area (Å²) in [6, 6.07) is 6.45. The van der Waals surface area contributed by atoms with Gasteiger partial charge < -0.3 is 5.32 Å². The summed E-state index contributed by atoms with van der Waals surface area (Å²) in [4.78, 5) is 12.4. The maximum absolute atomic E-state index is 14.1. The summed E-state index contributed by atoms with van der Waals surface area (Å²) >= 11 is 1.43.